The Morgan fingerprint density at radius 1 is 1.03 bits per heavy atom. The largest absolute Gasteiger partial charge is 0.355 e. The van der Waals surface area contributed by atoms with E-state index in [1.54, 1.807) is 12.1 Å². The van der Waals surface area contributed by atoms with Gasteiger partial charge >= 0.3 is 0 Å². The van der Waals surface area contributed by atoms with E-state index in [1.807, 2.05) is 23.4 Å². The molecule has 1 N–H and O–H groups in total. The fourth-order valence-electron chi connectivity index (χ4n) is 4.82. The molecule has 0 saturated heterocycles. The van der Waals surface area contributed by atoms with Crippen molar-refractivity contribution in [3.63, 3.8) is 0 Å². The first kappa shape index (κ1) is 24.3. The molecule has 4 aromatic rings. The maximum atomic E-state index is 13.5. The summed E-state index contributed by atoms with van der Waals surface area (Å²) in [5.74, 6) is -0.262. The zero-order chi connectivity index (χ0) is 25.9. The Labute approximate surface area is 218 Å². The molecule has 2 heterocycles. The Hall–Kier alpha value is -4.44. The molecular weight excluding hydrogens is 457 g/mol. The average Bonchev–Trinajstić information content (AvgIpc) is 2.90. The smallest absolute Gasteiger partial charge is 0.123 e. The Bertz CT molecular complexity index is 1560. The highest BCUT2D eigenvalue weighted by atomic mass is 19.1. The van der Waals surface area contributed by atoms with Crippen LogP contribution in [0.5, 0.6) is 0 Å². The van der Waals surface area contributed by atoms with Gasteiger partial charge in [-0.05, 0) is 96.3 Å². The van der Waals surface area contributed by atoms with Crippen molar-refractivity contribution in [3.8, 4) is 11.1 Å². The highest BCUT2D eigenvalue weighted by Gasteiger charge is 2.22. The molecule has 0 bridgehead atoms. The van der Waals surface area contributed by atoms with E-state index < -0.39 is 0 Å². The molecule has 0 atom stereocenters. The van der Waals surface area contributed by atoms with Crippen LogP contribution >= 0.6 is 0 Å². The second-order valence-corrected chi connectivity index (χ2v) is 9.30. The van der Waals surface area contributed by atoms with Crippen molar-refractivity contribution in [2.24, 2.45) is 0 Å². The van der Waals surface area contributed by atoms with Gasteiger partial charge in [0, 0.05) is 46.1 Å². The van der Waals surface area contributed by atoms with Gasteiger partial charge in [0.1, 0.15) is 5.82 Å². The average molecular weight is 488 g/mol. The molecule has 0 fully saturated rings. The molecule has 4 heteroatoms. The molecule has 184 valence electrons. The number of halogens is 1. The number of hydrogen-bond donors (Lipinski definition) is 1. The summed E-state index contributed by atoms with van der Waals surface area (Å²) in [5.41, 5.74) is 10.0. The molecule has 0 unspecified atom stereocenters. The van der Waals surface area contributed by atoms with Gasteiger partial charge in [-0.3, -0.25) is 4.98 Å². The summed E-state index contributed by atoms with van der Waals surface area (Å²) < 4.78 is 13.5. The minimum absolute atomic E-state index is 0.262. The third-order valence-corrected chi connectivity index (χ3v) is 6.70. The molecule has 1 aliphatic rings. The van der Waals surface area contributed by atoms with E-state index in [4.69, 9.17) is 0 Å². The van der Waals surface area contributed by atoms with Crippen LogP contribution in [0.4, 0.5) is 15.8 Å². The van der Waals surface area contributed by atoms with Gasteiger partial charge in [0.15, 0.2) is 0 Å². The zero-order valence-corrected chi connectivity index (χ0v) is 21.3. The third kappa shape index (κ3) is 4.96. The molecule has 1 aromatic heterocycles. The minimum atomic E-state index is -0.262. The van der Waals surface area contributed by atoms with Crippen LogP contribution < -0.4 is 10.2 Å². The van der Waals surface area contributed by atoms with Gasteiger partial charge in [-0.2, -0.15) is 0 Å². The number of hydrogen-bond acceptors (Lipinski definition) is 3. The van der Waals surface area contributed by atoms with Crippen molar-refractivity contribution >= 4 is 22.3 Å². The summed E-state index contributed by atoms with van der Waals surface area (Å²) in [6.07, 6.45) is 7.83. The third-order valence-electron chi connectivity index (χ3n) is 6.70. The van der Waals surface area contributed by atoms with Crippen LogP contribution in [-0.4, -0.2) is 4.98 Å². The molecule has 0 amide bonds. The van der Waals surface area contributed by atoms with E-state index in [0.29, 0.717) is 0 Å². The van der Waals surface area contributed by atoms with Crippen molar-refractivity contribution in [1.82, 2.24) is 4.98 Å². The lowest BCUT2D eigenvalue weighted by molar-refractivity contribution is 0.628. The van der Waals surface area contributed by atoms with E-state index >= 15 is 0 Å². The van der Waals surface area contributed by atoms with E-state index in [-0.39, 0.29) is 5.82 Å². The molecule has 0 radical (unpaired) electrons. The van der Waals surface area contributed by atoms with Crippen LogP contribution in [-0.2, 0) is 0 Å². The fraction of sp³-hybridized carbons (Fsp3) is 0.121. The number of nitrogens with zero attached hydrogens (tertiary/aromatic N) is 2. The van der Waals surface area contributed by atoms with Crippen LogP contribution in [0, 0.1) is 12.7 Å². The first-order valence-electron chi connectivity index (χ1n) is 12.5. The summed E-state index contributed by atoms with van der Waals surface area (Å²) in [5, 5.41) is 4.65. The Morgan fingerprint density at radius 2 is 1.84 bits per heavy atom. The lowest BCUT2D eigenvalue weighted by Gasteiger charge is -2.31. The number of pyridine rings is 1. The van der Waals surface area contributed by atoms with Gasteiger partial charge in [0.25, 0.3) is 0 Å². The molecule has 0 spiro atoms. The number of anilines is 2. The topological polar surface area (TPSA) is 28.2 Å². The first-order valence-corrected chi connectivity index (χ1v) is 12.5. The molecule has 0 saturated carbocycles. The van der Waals surface area contributed by atoms with E-state index in [9.17, 15) is 4.39 Å². The normalized spacial score (nSPS) is 13.4. The summed E-state index contributed by atoms with van der Waals surface area (Å²) >= 11 is 0. The highest BCUT2D eigenvalue weighted by molar-refractivity contribution is 5.86. The second-order valence-electron chi connectivity index (χ2n) is 9.30. The number of benzene rings is 3. The van der Waals surface area contributed by atoms with Crippen LogP contribution in [0.25, 0.3) is 22.0 Å². The maximum Gasteiger partial charge on any atom is 0.123 e. The fourth-order valence-corrected chi connectivity index (χ4v) is 4.82. The number of aryl methyl sites for hydroxylation is 1. The van der Waals surface area contributed by atoms with Gasteiger partial charge in [0.05, 0.1) is 5.52 Å². The predicted molar refractivity (Wildman–Crippen MR) is 154 cm³/mol. The maximum absolute atomic E-state index is 13.5. The number of fused-ring (bicyclic) bond motifs is 1. The van der Waals surface area contributed by atoms with E-state index in [0.717, 1.165) is 63.2 Å². The predicted octanol–water partition coefficient (Wildman–Crippen LogP) is 8.92. The van der Waals surface area contributed by atoms with Crippen molar-refractivity contribution in [2.75, 3.05) is 10.2 Å². The van der Waals surface area contributed by atoms with E-state index in [1.165, 1.54) is 23.3 Å². The molecule has 3 aromatic carbocycles. The summed E-state index contributed by atoms with van der Waals surface area (Å²) in [4.78, 5) is 6.42. The minimum Gasteiger partial charge on any atom is -0.355 e. The van der Waals surface area contributed by atoms with Crippen LogP contribution in [0.15, 0.2) is 127 Å². The molecule has 0 aliphatic carbocycles. The van der Waals surface area contributed by atoms with Gasteiger partial charge in [0.2, 0.25) is 0 Å². The van der Waals surface area contributed by atoms with Gasteiger partial charge in [-0.25, -0.2) is 4.39 Å². The SMILES string of the molecule is C=C(Nc1ccc(C)c(-c2ccc3ncccc3c2)c1)C1=C(CCC)C=CN(c2ccc(F)cc2)C1=C. The number of rotatable bonds is 7. The molecule has 3 nitrogen and oxygen atoms in total. The van der Waals surface area contributed by atoms with Gasteiger partial charge in [-0.1, -0.05) is 44.7 Å². The number of allylic oxidation sites excluding steroid dienone is 2. The van der Waals surface area contributed by atoms with Crippen molar-refractivity contribution in [2.45, 2.75) is 26.7 Å². The molecule has 5 rings (SSSR count). The molecular formula is C33H30FN3. The first-order chi connectivity index (χ1) is 17.9. The number of nitrogens with one attached hydrogen (secondary N) is 1. The second kappa shape index (κ2) is 10.3. The Balaban J connectivity index is 1.46. The Kier molecular flexibility index (Phi) is 6.74. The number of aromatic nitrogens is 1. The quantitative estimate of drug-likeness (QED) is 0.282. The zero-order valence-electron chi connectivity index (χ0n) is 21.3. The lowest BCUT2D eigenvalue weighted by Crippen LogP contribution is -2.22. The summed E-state index contributed by atoms with van der Waals surface area (Å²) in [7, 11) is 0. The molecule has 37 heavy (non-hydrogen) atoms. The van der Waals surface area contributed by atoms with E-state index in [2.05, 4.69) is 85.8 Å². The van der Waals surface area contributed by atoms with Gasteiger partial charge in [-0.15, -0.1) is 0 Å². The summed E-state index contributed by atoms with van der Waals surface area (Å²) in [6, 6.07) is 23.2. The van der Waals surface area contributed by atoms with Crippen LogP contribution in [0.2, 0.25) is 0 Å². The Morgan fingerprint density at radius 3 is 2.62 bits per heavy atom. The van der Waals surface area contributed by atoms with Crippen molar-refractivity contribution in [3.05, 3.63) is 138 Å². The van der Waals surface area contributed by atoms with Crippen molar-refractivity contribution in [1.29, 1.82) is 0 Å². The monoisotopic (exact) mass is 487 g/mol. The summed E-state index contributed by atoms with van der Waals surface area (Å²) in [6.45, 7) is 13.1. The van der Waals surface area contributed by atoms with Gasteiger partial charge < -0.3 is 10.2 Å². The highest BCUT2D eigenvalue weighted by Crippen LogP contribution is 2.36. The van der Waals surface area contributed by atoms with Crippen LogP contribution in [0.3, 0.4) is 0 Å². The van der Waals surface area contributed by atoms with Crippen LogP contribution in [0.1, 0.15) is 25.3 Å². The van der Waals surface area contributed by atoms with Crippen molar-refractivity contribution < 1.29 is 4.39 Å². The standard InChI is InChI=1S/C33H30FN3/c1-5-7-25-17-19-37(30-14-11-28(34)12-15-30)24(4)33(25)23(3)36-29-13-9-22(2)31(21-29)26-10-16-32-27(20-26)8-6-18-35-32/h6,8-21,36H,3-5,7H2,1-2H3. The lowest BCUT2D eigenvalue weighted by atomic mass is 9.94. The molecule has 1 aliphatic heterocycles.